The molecular formula is C14H11BrClN3. The normalized spacial score (nSPS) is 11.1. The predicted molar refractivity (Wildman–Crippen MR) is 81.2 cm³/mol. The summed E-state index contributed by atoms with van der Waals surface area (Å²) in [5.41, 5.74) is 2.83. The highest BCUT2D eigenvalue weighted by Gasteiger charge is 2.11. The molecule has 96 valence electrons. The van der Waals surface area contributed by atoms with Crippen molar-refractivity contribution < 1.29 is 0 Å². The largest absolute Gasteiger partial charge is 0.228 e. The molecule has 0 unspecified atom stereocenters. The zero-order valence-electron chi connectivity index (χ0n) is 10.3. The first-order chi connectivity index (χ1) is 9.19. The van der Waals surface area contributed by atoms with E-state index in [1.807, 2.05) is 25.1 Å². The van der Waals surface area contributed by atoms with Gasteiger partial charge in [-0.25, -0.2) is 9.67 Å². The van der Waals surface area contributed by atoms with Crippen molar-refractivity contribution in [3.05, 3.63) is 52.8 Å². The summed E-state index contributed by atoms with van der Waals surface area (Å²) in [5.74, 6) is 0.811. The smallest absolute Gasteiger partial charge is 0.158 e. The van der Waals surface area contributed by atoms with Crippen molar-refractivity contribution in [2.45, 2.75) is 12.3 Å². The summed E-state index contributed by atoms with van der Waals surface area (Å²) >= 11 is 9.57. The molecule has 0 saturated carbocycles. The Morgan fingerprint density at radius 2 is 2.11 bits per heavy atom. The van der Waals surface area contributed by atoms with Crippen molar-refractivity contribution in [1.82, 2.24) is 14.8 Å². The molecule has 0 amide bonds. The number of aromatic nitrogens is 3. The first-order valence-corrected chi connectivity index (χ1v) is 7.36. The number of hydrogen-bond donors (Lipinski definition) is 0. The highest BCUT2D eigenvalue weighted by Crippen LogP contribution is 2.23. The number of rotatable bonds is 2. The highest BCUT2D eigenvalue weighted by atomic mass is 79.9. The quantitative estimate of drug-likeness (QED) is 0.654. The van der Waals surface area contributed by atoms with Gasteiger partial charge in [0.05, 0.1) is 22.4 Å². The molecule has 1 aromatic carbocycles. The second-order valence-electron chi connectivity index (χ2n) is 4.30. The third-order valence-electron chi connectivity index (χ3n) is 2.98. The Balaban J connectivity index is 2.26. The summed E-state index contributed by atoms with van der Waals surface area (Å²) in [5, 5.41) is 6.89. The number of pyridine rings is 1. The molecule has 0 bridgehead atoms. The summed E-state index contributed by atoms with van der Waals surface area (Å²) in [4.78, 5) is 4.68. The number of hydrogen-bond acceptors (Lipinski definition) is 2. The van der Waals surface area contributed by atoms with E-state index in [0.29, 0.717) is 5.02 Å². The van der Waals surface area contributed by atoms with E-state index in [1.165, 1.54) is 0 Å². The van der Waals surface area contributed by atoms with Crippen LogP contribution in [0.4, 0.5) is 0 Å². The minimum Gasteiger partial charge on any atom is -0.228 e. The zero-order valence-corrected chi connectivity index (χ0v) is 12.6. The van der Waals surface area contributed by atoms with Crippen LogP contribution in [0.15, 0.2) is 36.5 Å². The molecule has 0 aliphatic rings. The summed E-state index contributed by atoms with van der Waals surface area (Å²) in [6.45, 7) is 1.88. The van der Waals surface area contributed by atoms with E-state index in [0.717, 1.165) is 33.3 Å². The molecular weight excluding hydrogens is 326 g/mol. The molecule has 0 radical (unpaired) electrons. The number of fused-ring (bicyclic) bond motifs is 1. The molecule has 0 aliphatic carbocycles. The van der Waals surface area contributed by atoms with Crippen LogP contribution in [0, 0.1) is 6.92 Å². The number of para-hydroxylation sites is 1. The number of benzene rings is 1. The number of aryl methyl sites for hydroxylation is 1. The first kappa shape index (κ1) is 12.6. The van der Waals surface area contributed by atoms with Crippen molar-refractivity contribution in [1.29, 1.82) is 0 Å². The lowest BCUT2D eigenvalue weighted by atomic mass is 10.1. The fraction of sp³-hybridized carbons (Fsp3) is 0.143. The van der Waals surface area contributed by atoms with Crippen LogP contribution in [0.3, 0.4) is 0 Å². The molecule has 5 heteroatoms. The Labute approximate surface area is 124 Å². The summed E-state index contributed by atoms with van der Waals surface area (Å²) in [7, 11) is 0. The molecule has 0 atom stereocenters. The minimum absolute atomic E-state index is 0.649. The van der Waals surface area contributed by atoms with E-state index in [-0.39, 0.29) is 0 Å². The van der Waals surface area contributed by atoms with Gasteiger partial charge in [-0.1, -0.05) is 45.7 Å². The Morgan fingerprint density at radius 1 is 1.32 bits per heavy atom. The van der Waals surface area contributed by atoms with E-state index in [1.54, 1.807) is 10.9 Å². The van der Waals surface area contributed by atoms with Crippen molar-refractivity contribution in [3.63, 3.8) is 0 Å². The van der Waals surface area contributed by atoms with Crippen LogP contribution in [-0.2, 0) is 5.33 Å². The van der Waals surface area contributed by atoms with Gasteiger partial charge in [0, 0.05) is 16.3 Å². The van der Waals surface area contributed by atoms with Gasteiger partial charge in [-0.15, -0.1) is 0 Å². The van der Waals surface area contributed by atoms with Gasteiger partial charge < -0.3 is 0 Å². The lowest BCUT2D eigenvalue weighted by molar-refractivity contribution is 0.829. The standard InChI is InChI=1S/C14H11BrClN3/c1-9-12(16)8-19(18-9)14-11(7-15)6-10-4-2-3-5-13(10)17-14/h2-6,8H,7H2,1H3. The van der Waals surface area contributed by atoms with Gasteiger partial charge in [-0.2, -0.15) is 5.10 Å². The lowest BCUT2D eigenvalue weighted by Gasteiger charge is -2.08. The molecule has 0 saturated heterocycles. The third kappa shape index (κ3) is 2.26. The van der Waals surface area contributed by atoms with Gasteiger partial charge in [0.25, 0.3) is 0 Å². The summed E-state index contributed by atoms with van der Waals surface area (Å²) in [6, 6.07) is 10.2. The number of halogens is 2. The Bertz CT molecular complexity index is 732. The third-order valence-corrected chi connectivity index (χ3v) is 3.96. The van der Waals surface area contributed by atoms with Crippen molar-refractivity contribution in [2.75, 3.05) is 0 Å². The monoisotopic (exact) mass is 335 g/mol. The van der Waals surface area contributed by atoms with Crippen LogP contribution in [0.1, 0.15) is 11.3 Å². The fourth-order valence-corrected chi connectivity index (χ4v) is 2.54. The molecule has 3 aromatic rings. The Morgan fingerprint density at radius 3 is 2.79 bits per heavy atom. The van der Waals surface area contributed by atoms with Crippen molar-refractivity contribution >= 4 is 38.4 Å². The molecule has 2 aromatic heterocycles. The van der Waals surface area contributed by atoms with Gasteiger partial charge in [0.1, 0.15) is 0 Å². The number of alkyl halides is 1. The van der Waals surface area contributed by atoms with Crippen LogP contribution in [-0.4, -0.2) is 14.8 Å². The van der Waals surface area contributed by atoms with Crippen LogP contribution >= 0.6 is 27.5 Å². The molecule has 2 heterocycles. The topological polar surface area (TPSA) is 30.7 Å². The second kappa shape index (κ2) is 4.94. The molecule has 3 rings (SSSR count). The first-order valence-electron chi connectivity index (χ1n) is 5.86. The van der Waals surface area contributed by atoms with Crippen LogP contribution in [0.25, 0.3) is 16.7 Å². The maximum absolute atomic E-state index is 6.07. The molecule has 0 fully saturated rings. The van der Waals surface area contributed by atoms with Crippen LogP contribution in [0.5, 0.6) is 0 Å². The number of nitrogens with zero attached hydrogens (tertiary/aromatic N) is 3. The highest BCUT2D eigenvalue weighted by molar-refractivity contribution is 9.08. The van der Waals surface area contributed by atoms with Crippen molar-refractivity contribution in [2.24, 2.45) is 0 Å². The molecule has 0 aliphatic heterocycles. The predicted octanol–water partition coefficient (Wildman–Crippen LogP) is 4.28. The average Bonchev–Trinajstić information content (AvgIpc) is 2.77. The Hall–Kier alpha value is -1.39. The zero-order chi connectivity index (χ0) is 13.4. The van der Waals surface area contributed by atoms with Crippen LogP contribution in [0.2, 0.25) is 5.02 Å². The Kier molecular flexibility index (Phi) is 3.29. The van der Waals surface area contributed by atoms with Gasteiger partial charge in [-0.05, 0) is 19.1 Å². The van der Waals surface area contributed by atoms with Gasteiger partial charge in [-0.3, -0.25) is 0 Å². The van der Waals surface area contributed by atoms with Gasteiger partial charge in [0.15, 0.2) is 5.82 Å². The summed E-state index contributed by atoms with van der Waals surface area (Å²) < 4.78 is 1.74. The van der Waals surface area contributed by atoms with E-state index < -0.39 is 0 Å². The van der Waals surface area contributed by atoms with Crippen LogP contribution < -0.4 is 0 Å². The SMILES string of the molecule is Cc1nn(-c2nc3ccccc3cc2CBr)cc1Cl. The van der Waals surface area contributed by atoms with E-state index in [2.05, 4.69) is 38.1 Å². The van der Waals surface area contributed by atoms with Gasteiger partial charge in [0.2, 0.25) is 0 Å². The molecule has 0 N–H and O–H groups in total. The summed E-state index contributed by atoms with van der Waals surface area (Å²) in [6.07, 6.45) is 1.79. The van der Waals surface area contributed by atoms with Gasteiger partial charge >= 0.3 is 0 Å². The van der Waals surface area contributed by atoms with Crippen molar-refractivity contribution in [3.8, 4) is 5.82 Å². The molecule has 0 spiro atoms. The lowest BCUT2D eigenvalue weighted by Crippen LogP contribution is -2.03. The fourth-order valence-electron chi connectivity index (χ4n) is 1.99. The minimum atomic E-state index is 0.649. The average molecular weight is 337 g/mol. The maximum Gasteiger partial charge on any atom is 0.158 e. The van der Waals surface area contributed by atoms with E-state index in [9.17, 15) is 0 Å². The van der Waals surface area contributed by atoms with E-state index in [4.69, 9.17) is 11.6 Å². The molecule has 3 nitrogen and oxygen atoms in total. The molecule has 19 heavy (non-hydrogen) atoms. The second-order valence-corrected chi connectivity index (χ2v) is 5.27. The van der Waals surface area contributed by atoms with E-state index >= 15 is 0 Å². The maximum atomic E-state index is 6.07.